The Balaban J connectivity index is 0.00000116. The van der Waals surface area contributed by atoms with Gasteiger partial charge in [-0.1, -0.05) is 24.3 Å². The molecule has 1 N–H and O–H groups in total. The zero-order valence-corrected chi connectivity index (χ0v) is 13.7. The summed E-state index contributed by atoms with van der Waals surface area (Å²) in [6.45, 7) is 5.32. The minimum absolute atomic E-state index is 0.570. The third kappa shape index (κ3) is 5.06. The smallest absolute Gasteiger partial charge is 0.0892 e. The van der Waals surface area contributed by atoms with Gasteiger partial charge in [0.05, 0.1) is 23.7 Å². The van der Waals surface area contributed by atoms with Crippen LogP contribution in [-0.4, -0.2) is 43.9 Å². The van der Waals surface area contributed by atoms with Crippen LogP contribution in [0.25, 0.3) is 0 Å². The average molecular weight is 300 g/mol. The van der Waals surface area contributed by atoms with Gasteiger partial charge >= 0.3 is 0 Å². The lowest BCUT2D eigenvalue weighted by Gasteiger charge is -2.14. The van der Waals surface area contributed by atoms with Crippen LogP contribution in [0.3, 0.4) is 0 Å². The van der Waals surface area contributed by atoms with Gasteiger partial charge in [-0.15, -0.1) is 0 Å². The lowest BCUT2D eigenvalue weighted by atomic mass is 10.0. The van der Waals surface area contributed by atoms with Gasteiger partial charge < -0.3 is 9.84 Å². The molecule has 0 aromatic heterocycles. The average Bonchev–Trinajstić information content (AvgIpc) is 2.55. The summed E-state index contributed by atoms with van der Waals surface area (Å²) in [5.74, 6) is 0. The van der Waals surface area contributed by atoms with Gasteiger partial charge in [0.1, 0.15) is 0 Å². The summed E-state index contributed by atoms with van der Waals surface area (Å²) in [6, 6.07) is 8.15. The van der Waals surface area contributed by atoms with Crippen molar-refractivity contribution < 1.29 is 9.84 Å². The number of aliphatic hydroxyl groups is 1. The number of aliphatic imine (C=N–C) groups is 2. The maximum Gasteiger partial charge on any atom is 0.0892 e. The van der Waals surface area contributed by atoms with Crippen LogP contribution in [-0.2, 0) is 4.74 Å². The Morgan fingerprint density at radius 3 is 2.64 bits per heavy atom. The molecule has 1 aromatic rings. The van der Waals surface area contributed by atoms with E-state index in [-0.39, 0.29) is 0 Å². The molecule has 4 nitrogen and oxygen atoms in total. The number of nitrogens with zero attached hydrogens (tertiary/aromatic N) is 2. The van der Waals surface area contributed by atoms with E-state index in [1.54, 1.807) is 7.05 Å². The minimum Gasteiger partial charge on any atom is -0.400 e. The lowest BCUT2D eigenvalue weighted by Crippen LogP contribution is -2.20. The van der Waals surface area contributed by atoms with Gasteiger partial charge in [-0.05, 0) is 37.6 Å². The van der Waals surface area contributed by atoms with Crippen molar-refractivity contribution in [3.8, 4) is 0 Å². The van der Waals surface area contributed by atoms with Crippen molar-refractivity contribution in [1.29, 1.82) is 0 Å². The molecule has 0 atom stereocenters. The van der Waals surface area contributed by atoms with Gasteiger partial charge in [-0.3, -0.25) is 4.99 Å². The second-order valence-electron chi connectivity index (χ2n) is 4.60. The summed E-state index contributed by atoms with van der Waals surface area (Å²) in [5, 5.41) is 7.00. The lowest BCUT2D eigenvalue weighted by molar-refractivity contribution is 0.174. The maximum absolute atomic E-state index is 7.00. The number of ether oxygens (including phenoxy) is 1. The molecule has 2 rings (SSSR count). The number of rotatable bonds is 4. The first kappa shape index (κ1) is 18.0. The van der Waals surface area contributed by atoms with Crippen LogP contribution in [0.15, 0.2) is 58.1 Å². The highest BCUT2D eigenvalue weighted by Crippen LogP contribution is 2.17. The molecule has 1 aromatic carbocycles. The van der Waals surface area contributed by atoms with Crippen LogP contribution in [0.4, 0.5) is 5.69 Å². The Morgan fingerprint density at radius 2 is 2.00 bits per heavy atom. The van der Waals surface area contributed by atoms with E-state index >= 15 is 0 Å². The van der Waals surface area contributed by atoms with Crippen molar-refractivity contribution in [3.05, 3.63) is 53.6 Å². The largest absolute Gasteiger partial charge is 0.400 e. The van der Waals surface area contributed by atoms with Crippen LogP contribution in [0.2, 0.25) is 0 Å². The number of hydrogen-bond acceptors (Lipinski definition) is 4. The molecule has 0 unspecified atom stereocenters. The molecule has 1 aliphatic carbocycles. The van der Waals surface area contributed by atoms with E-state index in [9.17, 15) is 0 Å². The number of benzene rings is 1. The van der Waals surface area contributed by atoms with Crippen molar-refractivity contribution >= 4 is 17.1 Å². The fraction of sp³-hybridized carbons (Fsp3) is 0.333. The van der Waals surface area contributed by atoms with Crippen molar-refractivity contribution in [2.45, 2.75) is 13.8 Å². The molecule has 4 heteroatoms. The van der Waals surface area contributed by atoms with Crippen molar-refractivity contribution in [3.63, 3.8) is 0 Å². The van der Waals surface area contributed by atoms with E-state index in [1.165, 1.54) is 5.56 Å². The van der Waals surface area contributed by atoms with Gasteiger partial charge in [-0.2, -0.15) is 0 Å². The van der Waals surface area contributed by atoms with E-state index in [2.05, 4.69) is 24.0 Å². The summed E-state index contributed by atoms with van der Waals surface area (Å²) in [7, 11) is 2.79. The van der Waals surface area contributed by atoms with Gasteiger partial charge in [0.2, 0.25) is 0 Å². The summed E-state index contributed by atoms with van der Waals surface area (Å²) in [5.41, 5.74) is 5.01. The van der Waals surface area contributed by atoms with Crippen LogP contribution >= 0.6 is 0 Å². The highest BCUT2D eigenvalue weighted by atomic mass is 16.5. The zero-order valence-electron chi connectivity index (χ0n) is 13.7. The first-order valence-corrected chi connectivity index (χ1v) is 7.27. The second kappa shape index (κ2) is 9.82. The Morgan fingerprint density at radius 1 is 1.23 bits per heavy atom. The van der Waals surface area contributed by atoms with Gasteiger partial charge in [0.25, 0.3) is 0 Å². The summed E-state index contributed by atoms with van der Waals surface area (Å²) >= 11 is 0. The molecule has 1 aliphatic rings. The predicted octanol–water partition coefficient (Wildman–Crippen LogP) is 3.28. The van der Waals surface area contributed by atoms with Crippen LogP contribution < -0.4 is 0 Å². The van der Waals surface area contributed by atoms with Gasteiger partial charge in [0, 0.05) is 26.3 Å². The second-order valence-corrected chi connectivity index (χ2v) is 4.60. The highest BCUT2D eigenvalue weighted by molar-refractivity contribution is 6.53. The quantitative estimate of drug-likeness (QED) is 0.868. The Labute approximate surface area is 132 Å². The number of aryl methyl sites for hydroxylation is 1. The van der Waals surface area contributed by atoms with Crippen LogP contribution in [0.5, 0.6) is 0 Å². The van der Waals surface area contributed by atoms with E-state index in [0.29, 0.717) is 13.2 Å². The summed E-state index contributed by atoms with van der Waals surface area (Å²) in [6.07, 6.45) is 6.02. The minimum atomic E-state index is 0.570. The monoisotopic (exact) mass is 300 g/mol. The van der Waals surface area contributed by atoms with Gasteiger partial charge in [0.15, 0.2) is 0 Å². The molecule has 118 valence electrons. The van der Waals surface area contributed by atoms with Crippen molar-refractivity contribution in [2.24, 2.45) is 9.98 Å². The Hall–Kier alpha value is -2.04. The molecular formula is C18H24N2O2. The number of hydrogen-bond donors (Lipinski definition) is 1. The van der Waals surface area contributed by atoms with Crippen LogP contribution in [0.1, 0.15) is 12.5 Å². The predicted molar refractivity (Wildman–Crippen MR) is 93.5 cm³/mol. The number of aliphatic hydroxyl groups excluding tert-OH is 1. The standard InChI is InChI=1S/C17H20N2O.CH4O/c1-4-20-12-14-8-6-10-16(17(14)18-3)19-15-9-5-7-13(2)11-15;1-2/h5-11H,4,12H2,1-3H3;2H,1H3. The molecular weight excluding hydrogens is 276 g/mol. The molecule has 0 aliphatic heterocycles. The van der Waals surface area contributed by atoms with E-state index in [0.717, 1.165) is 29.8 Å². The molecule has 0 amide bonds. The third-order valence-corrected chi connectivity index (χ3v) is 3.03. The van der Waals surface area contributed by atoms with E-state index < -0.39 is 0 Å². The molecule has 0 bridgehead atoms. The fourth-order valence-corrected chi connectivity index (χ4v) is 2.09. The summed E-state index contributed by atoms with van der Waals surface area (Å²) < 4.78 is 5.48. The number of allylic oxidation sites excluding steroid dienone is 3. The molecule has 0 heterocycles. The maximum atomic E-state index is 7.00. The van der Waals surface area contributed by atoms with Crippen molar-refractivity contribution in [1.82, 2.24) is 0 Å². The molecule has 0 saturated heterocycles. The van der Waals surface area contributed by atoms with Crippen molar-refractivity contribution in [2.75, 3.05) is 27.4 Å². The molecule has 0 spiro atoms. The normalized spacial score (nSPS) is 17.2. The van der Waals surface area contributed by atoms with E-state index in [4.69, 9.17) is 14.8 Å². The molecule has 0 fully saturated rings. The molecule has 22 heavy (non-hydrogen) atoms. The SMILES string of the molecule is CCOCC1=CC=CC(=Nc2cccc(C)c2)C1=NC.CO. The van der Waals surface area contributed by atoms with E-state index in [1.807, 2.05) is 37.3 Å². The Kier molecular flexibility index (Phi) is 8.04. The highest BCUT2D eigenvalue weighted by Gasteiger charge is 2.14. The third-order valence-electron chi connectivity index (χ3n) is 3.03. The summed E-state index contributed by atoms with van der Waals surface area (Å²) in [4.78, 5) is 9.06. The van der Waals surface area contributed by atoms with Crippen LogP contribution in [0, 0.1) is 6.92 Å². The first-order valence-electron chi connectivity index (χ1n) is 7.27. The zero-order chi connectivity index (χ0) is 16.4. The Bertz CT molecular complexity index is 599. The molecule has 0 saturated carbocycles. The first-order chi connectivity index (χ1) is 10.7. The fourth-order valence-electron chi connectivity index (χ4n) is 2.09. The topological polar surface area (TPSA) is 54.2 Å². The molecule has 0 radical (unpaired) electrons. The van der Waals surface area contributed by atoms with Gasteiger partial charge in [-0.25, -0.2) is 4.99 Å².